The highest BCUT2D eigenvalue weighted by Crippen LogP contribution is 2.44. The molecule has 1 aliphatic heterocycles. The van der Waals surface area contributed by atoms with Gasteiger partial charge in [0.1, 0.15) is 5.75 Å². The minimum Gasteiger partial charge on any atom is -0.492 e. The van der Waals surface area contributed by atoms with Crippen molar-refractivity contribution < 1.29 is 14.6 Å². The molecule has 86 valence electrons. The van der Waals surface area contributed by atoms with E-state index in [-0.39, 0.29) is 10.8 Å². The summed E-state index contributed by atoms with van der Waals surface area (Å²) in [6.07, 6.45) is 0.736. The van der Waals surface area contributed by atoms with Crippen LogP contribution in [-0.2, 0) is 0 Å². The predicted molar refractivity (Wildman–Crippen MR) is 69.7 cm³/mol. The summed E-state index contributed by atoms with van der Waals surface area (Å²) in [4.78, 5) is 12.0. The van der Waals surface area contributed by atoms with E-state index in [9.17, 15) is 4.79 Å². The first-order chi connectivity index (χ1) is 7.52. The third-order valence-electron chi connectivity index (χ3n) is 2.47. The Morgan fingerprint density at radius 2 is 2.19 bits per heavy atom. The van der Waals surface area contributed by atoms with Gasteiger partial charge in [-0.1, -0.05) is 0 Å². The summed E-state index contributed by atoms with van der Waals surface area (Å²) in [5, 5.41) is 8.98. The lowest BCUT2D eigenvalue weighted by Crippen LogP contribution is -2.14. The molecule has 0 amide bonds. The molecule has 3 nitrogen and oxygen atoms in total. The average Bonchev–Trinajstić information content (AvgIpc) is 2.22. The molecule has 1 aromatic rings. The van der Waals surface area contributed by atoms with Crippen molar-refractivity contribution in [3.63, 3.8) is 0 Å². The average molecular weight is 274 g/mol. The Kier molecular flexibility index (Phi) is 3.32. The molecule has 1 aromatic carbocycles. The van der Waals surface area contributed by atoms with E-state index in [2.05, 4.69) is 37.9 Å². The molecule has 0 radical (unpaired) electrons. The molecule has 0 spiro atoms. The molecular weight excluding hydrogens is 264 g/mol. The van der Waals surface area contributed by atoms with Crippen molar-refractivity contribution in [2.24, 2.45) is 0 Å². The first kappa shape index (κ1) is 12.0. The van der Waals surface area contributed by atoms with Gasteiger partial charge in [0.2, 0.25) is 0 Å². The number of aromatic carboxylic acids is 1. The zero-order chi connectivity index (χ0) is 11.9. The Balaban J connectivity index is 2.69. The van der Waals surface area contributed by atoms with Gasteiger partial charge >= 0.3 is 5.97 Å². The van der Waals surface area contributed by atoms with Crippen LogP contribution in [-0.4, -0.2) is 17.7 Å². The molecule has 6 heteroatoms. The van der Waals surface area contributed by atoms with Gasteiger partial charge in [-0.15, -0.1) is 25.3 Å². The molecule has 1 N–H and O–H groups in total. The smallest absolute Gasteiger partial charge is 0.336 e. The summed E-state index contributed by atoms with van der Waals surface area (Å²) in [7, 11) is 0. The van der Waals surface area contributed by atoms with Crippen LogP contribution in [0.4, 0.5) is 0 Å². The lowest BCUT2D eigenvalue weighted by Gasteiger charge is -2.25. The Bertz CT molecular complexity index is 459. The molecule has 16 heavy (non-hydrogen) atoms. The van der Waals surface area contributed by atoms with Crippen LogP contribution in [0.5, 0.6) is 5.75 Å². The lowest BCUT2D eigenvalue weighted by atomic mass is 10.0. The zero-order valence-corrected chi connectivity index (χ0v) is 10.9. The van der Waals surface area contributed by atoms with E-state index in [0.29, 0.717) is 22.1 Å². The molecule has 1 atom stereocenters. The number of hydrogen-bond acceptors (Lipinski definition) is 5. The minimum atomic E-state index is -1.02. The van der Waals surface area contributed by atoms with Gasteiger partial charge in [0, 0.05) is 20.6 Å². The summed E-state index contributed by atoms with van der Waals surface area (Å²) >= 11 is 12.9. The van der Waals surface area contributed by atoms with E-state index >= 15 is 0 Å². The monoisotopic (exact) mass is 274 g/mol. The third-order valence-corrected chi connectivity index (χ3v) is 3.80. The molecule has 1 heterocycles. The third kappa shape index (κ3) is 1.89. The van der Waals surface area contributed by atoms with Crippen LogP contribution in [0, 0.1) is 0 Å². The second-order valence-electron chi connectivity index (χ2n) is 3.49. The molecule has 0 saturated carbocycles. The van der Waals surface area contributed by atoms with Crippen LogP contribution >= 0.6 is 37.9 Å². The Labute approximate surface area is 109 Å². The molecule has 0 aromatic heterocycles. The standard InChI is InChI=1S/C10H10O3S3/c11-10(12)4-3-6(15)8-7(9(4)16)5(14)1-2-13-8/h3,5,14-16H,1-2H2,(H,11,12). The maximum Gasteiger partial charge on any atom is 0.336 e. The number of ether oxygens (including phenoxy) is 1. The van der Waals surface area contributed by atoms with E-state index in [4.69, 9.17) is 9.84 Å². The molecule has 2 rings (SSSR count). The van der Waals surface area contributed by atoms with Crippen molar-refractivity contribution in [1.82, 2.24) is 0 Å². The van der Waals surface area contributed by atoms with Crippen LogP contribution in [0.2, 0.25) is 0 Å². The van der Waals surface area contributed by atoms with E-state index in [1.807, 2.05) is 0 Å². The van der Waals surface area contributed by atoms with Crippen molar-refractivity contribution in [1.29, 1.82) is 0 Å². The van der Waals surface area contributed by atoms with Gasteiger partial charge in [0.05, 0.1) is 12.2 Å². The Morgan fingerprint density at radius 3 is 2.81 bits per heavy atom. The lowest BCUT2D eigenvalue weighted by molar-refractivity contribution is 0.0692. The van der Waals surface area contributed by atoms with Gasteiger partial charge in [-0.25, -0.2) is 4.79 Å². The number of rotatable bonds is 1. The Morgan fingerprint density at radius 1 is 1.50 bits per heavy atom. The van der Waals surface area contributed by atoms with Crippen molar-refractivity contribution in [3.8, 4) is 5.75 Å². The second-order valence-corrected chi connectivity index (χ2v) is 5.05. The second kappa shape index (κ2) is 4.43. The molecule has 0 saturated heterocycles. The van der Waals surface area contributed by atoms with Crippen molar-refractivity contribution in [2.75, 3.05) is 6.61 Å². The fraction of sp³-hybridized carbons (Fsp3) is 0.300. The molecule has 0 aliphatic carbocycles. The number of carboxylic acid groups (broad SMARTS) is 1. The number of carboxylic acids is 1. The summed E-state index contributed by atoms with van der Waals surface area (Å²) in [6.45, 7) is 0.564. The van der Waals surface area contributed by atoms with Gasteiger partial charge in [-0.3, -0.25) is 0 Å². The van der Waals surface area contributed by atoms with Gasteiger partial charge in [-0.05, 0) is 12.5 Å². The molecule has 0 bridgehead atoms. The van der Waals surface area contributed by atoms with E-state index in [0.717, 1.165) is 12.0 Å². The zero-order valence-electron chi connectivity index (χ0n) is 8.17. The fourth-order valence-corrected chi connectivity index (χ4v) is 2.89. The quantitative estimate of drug-likeness (QED) is 0.596. The summed E-state index contributed by atoms with van der Waals surface area (Å²) in [6, 6.07) is 1.46. The van der Waals surface area contributed by atoms with Gasteiger partial charge in [0.15, 0.2) is 0 Å². The number of benzene rings is 1. The molecule has 0 fully saturated rings. The maximum atomic E-state index is 11.0. The molecule has 1 unspecified atom stereocenters. The van der Waals surface area contributed by atoms with Crippen molar-refractivity contribution in [3.05, 3.63) is 17.2 Å². The maximum absolute atomic E-state index is 11.0. The van der Waals surface area contributed by atoms with Gasteiger partial charge in [-0.2, -0.15) is 12.6 Å². The first-order valence-electron chi connectivity index (χ1n) is 4.65. The highest BCUT2D eigenvalue weighted by atomic mass is 32.1. The molecule has 1 aliphatic rings. The topological polar surface area (TPSA) is 46.5 Å². The van der Waals surface area contributed by atoms with E-state index in [1.165, 1.54) is 6.07 Å². The van der Waals surface area contributed by atoms with Crippen molar-refractivity contribution >= 4 is 43.9 Å². The van der Waals surface area contributed by atoms with Crippen LogP contribution in [0.1, 0.15) is 27.6 Å². The van der Waals surface area contributed by atoms with Crippen molar-refractivity contribution in [2.45, 2.75) is 21.5 Å². The number of fused-ring (bicyclic) bond motifs is 1. The van der Waals surface area contributed by atoms with E-state index < -0.39 is 5.97 Å². The normalized spacial score (nSPS) is 18.8. The van der Waals surface area contributed by atoms with E-state index in [1.54, 1.807) is 0 Å². The highest BCUT2D eigenvalue weighted by molar-refractivity contribution is 7.81. The number of hydrogen-bond donors (Lipinski definition) is 4. The fourth-order valence-electron chi connectivity index (χ4n) is 1.70. The SMILES string of the molecule is O=C(O)c1cc(S)c2c(c1S)C(S)CCO2. The Hall–Kier alpha value is -0.460. The summed E-state index contributed by atoms with van der Waals surface area (Å²) < 4.78 is 5.47. The van der Waals surface area contributed by atoms with Crippen LogP contribution in [0.15, 0.2) is 15.9 Å². The minimum absolute atomic E-state index is 0.0542. The predicted octanol–water partition coefficient (Wildman–Crippen LogP) is 2.72. The number of thiol groups is 3. The largest absolute Gasteiger partial charge is 0.492 e. The molecular formula is C10H10O3S3. The van der Waals surface area contributed by atoms with Crippen LogP contribution < -0.4 is 4.74 Å². The van der Waals surface area contributed by atoms with Gasteiger partial charge in [0.25, 0.3) is 0 Å². The summed E-state index contributed by atoms with van der Waals surface area (Å²) in [5.74, 6) is -0.418. The first-order valence-corrected chi connectivity index (χ1v) is 6.06. The number of carbonyl (C=O) groups is 1. The van der Waals surface area contributed by atoms with Crippen LogP contribution in [0.3, 0.4) is 0 Å². The van der Waals surface area contributed by atoms with Crippen LogP contribution in [0.25, 0.3) is 0 Å². The highest BCUT2D eigenvalue weighted by Gasteiger charge is 2.26. The van der Waals surface area contributed by atoms with Gasteiger partial charge < -0.3 is 9.84 Å². The summed E-state index contributed by atoms with van der Waals surface area (Å²) in [5.41, 5.74) is 0.861.